The van der Waals surface area contributed by atoms with E-state index in [9.17, 15) is 13.2 Å². The minimum atomic E-state index is -4.79. The summed E-state index contributed by atoms with van der Waals surface area (Å²) in [6.45, 7) is 0. The van der Waals surface area contributed by atoms with Crippen LogP contribution in [0.5, 0.6) is 5.75 Å². The van der Waals surface area contributed by atoms with E-state index in [0.717, 1.165) is 6.07 Å². The van der Waals surface area contributed by atoms with Gasteiger partial charge in [0.1, 0.15) is 6.07 Å². The molecular weight excluding hydrogens is 277 g/mol. The first-order valence-corrected chi connectivity index (χ1v) is 4.79. The van der Waals surface area contributed by atoms with Gasteiger partial charge in [-0.05, 0) is 0 Å². The van der Waals surface area contributed by atoms with E-state index in [1.807, 2.05) is 0 Å². The van der Waals surface area contributed by atoms with Gasteiger partial charge in [-0.3, -0.25) is 4.98 Å². The summed E-state index contributed by atoms with van der Waals surface area (Å²) < 4.78 is 39.6. The molecule has 1 aromatic heterocycles. The molecule has 0 N–H and O–H groups in total. The zero-order valence-corrected chi connectivity index (χ0v) is 8.76. The number of pyridine rings is 1. The van der Waals surface area contributed by atoms with Crippen molar-refractivity contribution in [2.45, 2.75) is 11.7 Å². The molecule has 0 saturated heterocycles. The number of aromatic nitrogens is 1. The van der Waals surface area contributed by atoms with Crippen LogP contribution in [0.2, 0.25) is 0 Å². The van der Waals surface area contributed by atoms with Crippen molar-refractivity contribution in [1.29, 1.82) is 5.26 Å². The maximum absolute atomic E-state index is 11.9. The Hall–Kier alpha value is -1.29. The SMILES string of the molecule is N#Cc1cnc(CBr)c(OC(F)(F)F)c1. The van der Waals surface area contributed by atoms with E-state index in [0.29, 0.717) is 0 Å². The van der Waals surface area contributed by atoms with Crippen LogP contribution in [0.25, 0.3) is 0 Å². The molecule has 7 heteroatoms. The molecular formula is C8H4BrF3N2O. The summed E-state index contributed by atoms with van der Waals surface area (Å²) in [6.07, 6.45) is -3.60. The van der Waals surface area contributed by atoms with Gasteiger partial charge in [0, 0.05) is 17.6 Å². The van der Waals surface area contributed by atoms with Gasteiger partial charge in [-0.1, -0.05) is 15.9 Å². The van der Waals surface area contributed by atoms with Gasteiger partial charge in [-0.15, -0.1) is 13.2 Å². The van der Waals surface area contributed by atoms with Crippen molar-refractivity contribution in [2.24, 2.45) is 0 Å². The normalized spacial score (nSPS) is 10.9. The predicted octanol–water partition coefficient (Wildman–Crippen LogP) is 2.75. The number of halogens is 4. The van der Waals surface area contributed by atoms with Gasteiger partial charge in [0.25, 0.3) is 0 Å². The monoisotopic (exact) mass is 280 g/mol. The van der Waals surface area contributed by atoms with Crippen molar-refractivity contribution < 1.29 is 17.9 Å². The minimum Gasteiger partial charge on any atom is -0.404 e. The fraction of sp³-hybridized carbons (Fsp3) is 0.250. The average Bonchev–Trinajstić information content (AvgIpc) is 2.15. The summed E-state index contributed by atoms with van der Waals surface area (Å²) in [4.78, 5) is 3.66. The van der Waals surface area contributed by atoms with Crippen LogP contribution in [-0.4, -0.2) is 11.3 Å². The summed E-state index contributed by atoms with van der Waals surface area (Å²) in [5, 5.41) is 8.60. The third kappa shape index (κ3) is 3.40. The molecule has 1 aromatic rings. The number of alkyl halides is 4. The lowest BCUT2D eigenvalue weighted by atomic mass is 10.2. The Morgan fingerprint density at radius 2 is 2.20 bits per heavy atom. The summed E-state index contributed by atoms with van der Waals surface area (Å²) in [6, 6.07) is 2.68. The highest BCUT2D eigenvalue weighted by atomic mass is 79.9. The number of hydrogen-bond donors (Lipinski definition) is 0. The Morgan fingerprint density at radius 3 is 2.67 bits per heavy atom. The van der Waals surface area contributed by atoms with E-state index in [-0.39, 0.29) is 16.6 Å². The molecule has 0 bridgehead atoms. The third-order valence-electron chi connectivity index (χ3n) is 1.41. The second kappa shape index (κ2) is 4.49. The standard InChI is InChI=1S/C8H4BrF3N2O/c9-2-6-7(15-8(10,11)12)1-5(3-13)4-14-6/h1,4H,2H2. The largest absolute Gasteiger partial charge is 0.573 e. The number of nitriles is 1. The zero-order chi connectivity index (χ0) is 11.5. The highest BCUT2D eigenvalue weighted by molar-refractivity contribution is 9.08. The summed E-state index contributed by atoms with van der Waals surface area (Å²) in [5.41, 5.74) is 0.102. The van der Waals surface area contributed by atoms with E-state index < -0.39 is 12.1 Å². The van der Waals surface area contributed by atoms with E-state index in [1.54, 1.807) is 6.07 Å². The fourth-order valence-electron chi connectivity index (χ4n) is 0.847. The van der Waals surface area contributed by atoms with E-state index >= 15 is 0 Å². The smallest absolute Gasteiger partial charge is 0.404 e. The van der Waals surface area contributed by atoms with Crippen molar-refractivity contribution >= 4 is 15.9 Å². The molecule has 1 rings (SSSR count). The quantitative estimate of drug-likeness (QED) is 0.783. The lowest BCUT2D eigenvalue weighted by Gasteiger charge is -2.11. The van der Waals surface area contributed by atoms with Gasteiger partial charge < -0.3 is 4.74 Å². The van der Waals surface area contributed by atoms with Crippen molar-refractivity contribution in [2.75, 3.05) is 0 Å². The molecule has 0 aliphatic carbocycles. The predicted molar refractivity (Wildman–Crippen MR) is 48.3 cm³/mol. The van der Waals surface area contributed by atoms with Crippen LogP contribution in [-0.2, 0) is 5.33 Å². The van der Waals surface area contributed by atoms with Crippen molar-refractivity contribution in [3.63, 3.8) is 0 Å². The highest BCUT2D eigenvalue weighted by Gasteiger charge is 2.32. The summed E-state index contributed by atoms with van der Waals surface area (Å²) >= 11 is 2.97. The third-order valence-corrected chi connectivity index (χ3v) is 1.94. The van der Waals surface area contributed by atoms with Gasteiger partial charge in [-0.2, -0.15) is 5.26 Å². The first-order chi connectivity index (χ1) is 6.96. The Labute approximate surface area is 91.6 Å². The van der Waals surface area contributed by atoms with Crippen LogP contribution in [0.4, 0.5) is 13.2 Å². The van der Waals surface area contributed by atoms with Crippen LogP contribution in [0.3, 0.4) is 0 Å². The van der Waals surface area contributed by atoms with Gasteiger partial charge in [-0.25, -0.2) is 0 Å². The molecule has 0 radical (unpaired) electrons. The molecule has 15 heavy (non-hydrogen) atoms. The van der Waals surface area contributed by atoms with Crippen molar-refractivity contribution in [3.8, 4) is 11.8 Å². The van der Waals surface area contributed by atoms with Crippen LogP contribution in [0.1, 0.15) is 11.3 Å². The number of hydrogen-bond acceptors (Lipinski definition) is 3. The molecule has 0 amide bonds. The second-order valence-corrected chi connectivity index (χ2v) is 3.02. The lowest BCUT2D eigenvalue weighted by molar-refractivity contribution is -0.275. The van der Waals surface area contributed by atoms with E-state index in [4.69, 9.17) is 5.26 Å². The second-order valence-electron chi connectivity index (χ2n) is 2.46. The zero-order valence-electron chi connectivity index (χ0n) is 7.18. The van der Waals surface area contributed by atoms with E-state index in [1.165, 1.54) is 6.20 Å². The fourth-order valence-corrected chi connectivity index (χ4v) is 1.27. The van der Waals surface area contributed by atoms with Gasteiger partial charge >= 0.3 is 6.36 Å². The van der Waals surface area contributed by atoms with Crippen molar-refractivity contribution in [3.05, 3.63) is 23.5 Å². The molecule has 0 spiro atoms. The number of rotatable bonds is 2. The molecule has 3 nitrogen and oxygen atoms in total. The molecule has 0 atom stereocenters. The van der Waals surface area contributed by atoms with Gasteiger partial charge in [0.2, 0.25) is 0 Å². The van der Waals surface area contributed by atoms with Crippen LogP contribution < -0.4 is 4.74 Å². The van der Waals surface area contributed by atoms with Crippen LogP contribution in [0, 0.1) is 11.3 Å². The summed E-state index contributed by atoms with van der Waals surface area (Å²) in [7, 11) is 0. The minimum absolute atomic E-state index is 0.0129. The molecule has 0 aliphatic heterocycles. The maximum Gasteiger partial charge on any atom is 0.573 e. The molecule has 0 aliphatic rings. The topological polar surface area (TPSA) is 45.9 Å². The van der Waals surface area contributed by atoms with Gasteiger partial charge in [0.05, 0.1) is 11.3 Å². The Bertz CT molecular complexity index is 400. The lowest BCUT2D eigenvalue weighted by Crippen LogP contribution is -2.18. The molecule has 0 saturated carbocycles. The Kier molecular flexibility index (Phi) is 3.52. The molecule has 1 heterocycles. The molecule has 0 aromatic carbocycles. The molecule has 0 unspecified atom stereocenters. The van der Waals surface area contributed by atoms with Crippen LogP contribution in [0.15, 0.2) is 12.3 Å². The van der Waals surface area contributed by atoms with Gasteiger partial charge in [0.15, 0.2) is 5.75 Å². The molecule has 80 valence electrons. The summed E-state index contributed by atoms with van der Waals surface area (Å²) in [5.74, 6) is -0.460. The number of ether oxygens (including phenoxy) is 1. The van der Waals surface area contributed by atoms with Crippen LogP contribution >= 0.6 is 15.9 Å². The van der Waals surface area contributed by atoms with E-state index in [2.05, 4.69) is 25.7 Å². The Morgan fingerprint density at radius 1 is 1.53 bits per heavy atom. The first-order valence-electron chi connectivity index (χ1n) is 3.67. The number of nitrogens with zero attached hydrogens (tertiary/aromatic N) is 2. The average molecular weight is 281 g/mol. The Balaban J connectivity index is 3.08. The van der Waals surface area contributed by atoms with Crippen molar-refractivity contribution in [1.82, 2.24) is 4.98 Å². The maximum atomic E-state index is 11.9. The molecule has 0 fully saturated rings. The highest BCUT2D eigenvalue weighted by Crippen LogP contribution is 2.27. The first kappa shape index (κ1) is 11.8.